The average Bonchev–Trinajstić information content (AvgIpc) is 2.58. The fourth-order valence-corrected chi connectivity index (χ4v) is 1.96. The second-order valence-electron chi connectivity index (χ2n) is 5.09. The first kappa shape index (κ1) is 17.4. The van der Waals surface area contributed by atoms with Gasteiger partial charge in [-0.05, 0) is 24.3 Å². The minimum atomic E-state index is -0.467. The van der Waals surface area contributed by atoms with Crippen molar-refractivity contribution in [1.82, 2.24) is 0 Å². The van der Waals surface area contributed by atoms with E-state index in [1.807, 2.05) is 25.1 Å². The first-order valence-corrected chi connectivity index (χ1v) is 7.22. The number of aliphatic hydroxyl groups is 1. The number of non-ortho nitro benzene ring substituents is 1. The molecule has 8 nitrogen and oxygen atoms in total. The number of aliphatic hydroxyl groups excluding tert-OH is 1. The third-order valence-corrected chi connectivity index (χ3v) is 3.12. The van der Waals surface area contributed by atoms with Gasteiger partial charge in [-0.15, -0.1) is 0 Å². The van der Waals surface area contributed by atoms with E-state index >= 15 is 0 Å². The van der Waals surface area contributed by atoms with Gasteiger partial charge in [0.25, 0.3) is 5.69 Å². The van der Waals surface area contributed by atoms with Crippen molar-refractivity contribution in [2.24, 2.45) is 10.2 Å². The van der Waals surface area contributed by atoms with Crippen LogP contribution in [0.1, 0.15) is 0 Å². The van der Waals surface area contributed by atoms with E-state index in [1.165, 1.54) is 24.3 Å². The lowest BCUT2D eigenvalue weighted by Crippen LogP contribution is -2.11. The monoisotopic (exact) mass is 330 g/mol. The van der Waals surface area contributed by atoms with Gasteiger partial charge in [0.1, 0.15) is 12.4 Å². The summed E-state index contributed by atoms with van der Waals surface area (Å²) < 4.78 is 5.51. The first-order chi connectivity index (χ1) is 11.5. The van der Waals surface area contributed by atoms with Crippen LogP contribution in [-0.4, -0.2) is 37.3 Å². The van der Waals surface area contributed by atoms with Gasteiger partial charge in [-0.3, -0.25) is 10.1 Å². The van der Waals surface area contributed by atoms with E-state index in [9.17, 15) is 10.1 Å². The highest BCUT2D eigenvalue weighted by molar-refractivity contribution is 5.63. The predicted octanol–water partition coefficient (Wildman–Crippen LogP) is 3.45. The molecule has 0 aromatic heterocycles. The molecule has 0 aliphatic carbocycles. The zero-order valence-electron chi connectivity index (χ0n) is 13.4. The summed E-state index contributed by atoms with van der Waals surface area (Å²) in [7, 11) is 3.78. The maximum absolute atomic E-state index is 10.6. The number of anilines is 1. The molecule has 0 aliphatic rings. The van der Waals surface area contributed by atoms with E-state index in [0.717, 1.165) is 5.69 Å². The maximum atomic E-state index is 10.6. The van der Waals surface area contributed by atoms with Crippen LogP contribution in [0.2, 0.25) is 0 Å². The third-order valence-electron chi connectivity index (χ3n) is 3.12. The molecule has 0 amide bonds. The topological polar surface area (TPSA) is 101 Å². The number of nitrogens with zero attached hydrogens (tertiary/aromatic N) is 4. The van der Waals surface area contributed by atoms with E-state index in [4.69, 9.17) is 9.84 Å². The Bertz CT molecular complexity index is 729. The molecule has 0 unspecified atom stereocenters. The van der Waals surface area contributed by atoms with Crippen LogP contribution in [0.4, 0.5) is 22.7 Å². The molecule has 8 heteroatoms. The lowest BCUT2D eigenvalue weighted by molar-refractivity contribution is -0.384. The van der Waals surface area contributed by atoms with Crippen LogP contribution in [0, 0.1) is 10.1 Å². The lowest BCUT2D eigenvalue weighted by Gasteiger charge is -2.17. The molecule has 2 rings (SSSR count). The van der Waals surface area contributed by atoms with Crippen molar-refractivity contribution in [3.05, 3.63) is 52.6 Å². The molecule has 126 valence electrons. The van der Waals surface area contributed by atoms with Crippen molar-refractivity contribution in [2.75, 3.05) is 32.2 Å². The number of nitro benzene ring substituents is 1. The summed E-state index contributed by atoms with van der Waals surface area (Å²) in [6, 6.07) is 11.2. The molecule has 1 N–H and O–H groups in total. The molecule has 0 fully saturated rings. The number of hydrogen-bond donors (Lipinski definition) is 1. The van der Waals surface area contributed by atoms with E-state index < -0.39 is 4.92 Å². The molecular formula is C16H18N4O4. The number of azo groups is 1. The van der Waals surface area contributed by atoms with Crippen molar-refractivity contribution in [2.45, 2.75) is 0 Å². The summed E-state index contributed by atoms with van der Waals surface area (Å²) in [5.41, 5.74) is 1.95. The van der Waals surface area contributed by atoms with Crippen LogP contribution in [0.3, 0.4) is 0 Å². The van der Waals surface area contributed by atoms with Gasteiger partial charge < -0.3 is 14.7 Å². The molecule has 2 aromatic rings. The van der Waals surface area contributed by atoms with Gasteiger partial charge in [0.15, 0.2) is 0 Å². The maximum Gasteiger partial charge on any atom is 0.269 e. The normalized spacial score (nSPS) is 10.8. The molecule has 0 atom stereocenters. The van der Waals surface area contributed by atoms with Crippen LogP contribution in [0.5, 0.6) is 5.75 Å². The molecule has 2 aromatic carbocycles. The van der Waals surface area contributed by atoms with Crippen LogP contribution >= 0.6 is 0 Å². The Morgan fingerprint density at radius 1 is 1.12 bits per heavy atom. The van der Waals surface area contributed by atoms with Gasteiger partial charge in [0.2, 0.25) is 0 Å². The molecule has 0 radical (unpaired) electrons. The smallest absolute Gasteiger partial charge is 0.269 e. The van der Waals surface area contributed by atoms with Crippen LogP contribution in [-0.2, 0) is 0 Å². The first-order valence-electron chi connectivity index (χ1n) is 7.22. The second-order valence-corrected chi connectivity index (χ2v) is 5.09. The molecule has 0 saturated heterocycles. The van der Waals surface area contributed by atoms with E-state index in [1.54, 1.807) is 12.1 Å². The summed E-state index contributed by atoms with van der Waals surface area (Å²) in [5.74, 6) is 0.592. The molecule has 0 bridgehead atoms. The number of ether oxygens (including phenoxy) is 1. The number of benzene rings is 2. The fourth-order valence-electron chi connectivity index (χ4n) is 1.96. The van der Waals surface area contributed by atoms with Gasteiger partial charge in [0, 0.05) is 32.3 Å². The van der Waals surface area contributed by atoms with Crippen molar-refractivity contribution in [3.63, 3.8) is 0 Å². The average molecular weight is 330 g/mol. The molecule has 0 spiro atoms. The van der Waals surface area contributed by atoms with Crippen molar-refractivity contribution >= 4 is 22.7 Å². The molecule has 24 heavy (non-hydrogen) atoms. The third kappa shape index (κ3) is 4.50. The summed E-state index contributed by atoms with van der Waals surface area (Å²) in [5, 5.41) is 27.7. The van der Waals surface area contributed by atoms with Gasteiger partial charge in [-0.1, -0.05) is 0 Å². The molecule has 0 saturated carbocycles. The standard InChI is InChI=1S/C16H18N4O4/c1-19(2)15-8-5-13(11-16(15)24-10-9-21)18-17-12-3-6-14(7-4-12)20(22)23/h3-8,11,21H,9-10H2,1-2H3. The highest BCUT2D eigenvalue weighted by atomic mass is 16.6. The van der Waals surface area contributed by atoms with Crippen molar-refractivity contribution in [1.29, 1.82) is 0 Å². The van der Waals surface area contributed by atoms with Crippen LogP contribution in [0.25, 0.3) is 0 Å². The Hall–Kier alpha value is -3.00. The summed E-state index contributed by atoms with van der Waals surface area (Å²) in [4.78, 5) is 12.0. The zero-order chi connectivity index (χ0) is 17.5. The van der Waals surface area contributed by atoms with Gasteiger partial charge >= 0.3 is 0 Å². The molecular weight excluding hydrogens is 312 g/mol. The Kier molecular flexibility index (Phi) is 5.80. The number of rotatable bonds is 7. The van der Waals surface area contributed by atoms with E-state index in [-0.39, 0.29) is 18.9 Å². The Morgan fingerprint density at radius 3 is 2.33 bits per heavy atom. The number of hydrogen-bond acceptors (Lipinski definition) is 7. The van der Waals surface area contributed by atoms with Crippen molar-refractivity contribution < 1.29 is 14.8 Å². The highest BCUT2D eigenvalue weighted by Crippen LogP contribution is 2.32. The van der Waals surface area contributed by atoms with Gasteiger partial charge in [0.05, 0.1) is 28.6 Å². The van der Waals surface area contributed by atoms with E-state index in [2.05, 4.69) is 10.2 Å². The highest BCUT2D eigenvalue weighted by Gasteiger charge is 2.07. The quantitative estimate of drug-likeness (QED) is 0.476. The van der Waals surface area contributed by atoms with Crippen molar-refractivity contribution in [3.8, 4) is 5.75 Å². The van der Waals surface area contributed by atoms with Crippen LogP contribution < -0.4 is 9.64 Å². The summed E-state index contributed by atoms with van der Waals surface area (Å²) >= 11 is 0. The predicted molar refractivity (Wildman–Crippen MR) is 90.6 cm³/mol. The minimum absolute atomic E-state index is 0.00368. The Balaban J connectivity index is 2.20. The Morgan fingerprint density at radius 2 is 1.75 bits per heavy atom. The second kappa shape index (κ2) is 8.02. The zero-order valence-corrected chi connectivity index (χ0v) is 13.4. The molecule has 0 aliphatic heterocycles. The molecule has 0 heterocycles. The summed E-state index contributed by atoms with van der Waals surface area (Å²) in [6.45, 7) is 0.102. The number of nitro groups is 1. The van der Waals surface area contributed by atoms with E-state index in [0.29, 0.717) is 17.1 Å². The SMILES string of the molecule is CN(C)c1ccc(N=Nc2ccc([N+](=O)[O-])cc2)cc1OCCO. The minimum Gasteiger partial charge on any atom is -0.489 e. The lowest BCUT2D eigenvalue weighted by atomic mass is 10.2. The summed E-state index contributed by atoms with van der Waals surface area (Å²) in [6.07, 6.45) is 0. The fraction of sp³-hybridized carbons (Fsp3) is 0.250. The van der Waals surface area contributed by atoms with Gasteiger partial charge in [-0.2, -0.15) is 10.2 Å². The van der Waals surface area contributed by atoms with Crippen LogP contribution in [0.15, 0.2) is 52.7 Å². The van der Waals surface area contributed by atoms with Gasteiger partial charge in [-0.25, -0.2) is 0 Å². The largest absolute Gasteiger partial charge is 0.489 e. The Labute approximate surface area is 139 Å².